The van der Waals surface area contributed by atoms with Crippen molar-refractivity contribution in [3.63, 3.8) is 0 Å². The second kappa shape index (κ2) is 7.32. The van der Waals surface area contributed by atoms with E-state index in [1.807, 2.05) is 29.2 Å². The van der Waals surface area contributed by atoms with Crippen molar-refractivity contribution in [2.45, 2.75) is 23.5 Å². The van der Waals surface area contributed by atoms with Gasteiger partial charge in [0.1, 0.15) is 4.21 Å². The highest BCUT2D eigenvalue weighted by Gasteiger charge is 2.24. The van der Waals surface area contributed by atoms with Crippen LogP contribution in [0.25, 0.3) is 10.8 Å². The number of hydrogen-bond donors (Lipinski definition) is 1. The summed E-state index contributed by atoms with van der Waals surface area (Å²) in [6.07, 6.45) is 3.09. The number of likely N-dealkylation sites (tertiary alicyclic amines) is 1. The molecule has 27 heavy (non-hydrogen) atoms. The van der Waals surface area contributed by atoms with Gasteiger partial charge in [-0.25, -0.2) is 8.42 Å². The number of anilines is 1. The van der Waals surface area contributed by atoms with E-state index in [-0.39, 0.29) is 10.1 Å². The predicted octanol–water partition coefficient (Wildman–Crippen LogP) is 4.33. The molecule has 1 aromatic heterocycles. The molecule has 1 fully saturated rings. The first-order valence-corrected chi connectivity index (χ1v) is 11.3. The second-order valence-electron chi connectivity index (χ2n) is 6.64. The van der Waals surface area contributed by atoms with Crippen LogP contribution in [0.2, 0.25) is 0 Å². The Morgan fingerprint density at radius 2 is 1.67 bits per heavy atom. The first kappa shape index (κ1) is 18.0. The molecular weight excluding hydrogens is 380 g/mol. The normalized spacial score (nSPS) is 15.0. The molecular formula is C20H20N2O3S2. The van der Waals surface area contributed by atoms with Gasteiger partial charge >= 0.3 is 0 Å². The third-order valence-corrected chi connectivity index (χ3v) is 7.53. The zero-order valence-electron chi connectivity index (χ0n) is 14.7. The van der Waals surface area contributed by atoms with E-state index < -0.39 is 10.0 Å². The topological polar surface area (TPSA) is 66.5 Å². The Hall–Kier alpha value is -2.38. The molecule has 1 N–H and O–H groups in total. The average Bonchev–Trinajstić information content (AvgIpc) is 3.23. The summed E-state index contributed by atoms with van der Waals surface area (Å²) in [4.78, 5) is 14.9. The van der Waals surface area contributed by atoms with Crippen LogP contribution in [0.5, 0.6) is 0 Å². The number of piperidine rings is 1. The number of benzene rings is 2. The lowest BCUT2D eigenvalue weighted by Crippen LogP contribution is -2.36. The lowest BCUT2D eigenvalue weighted by molar-refractivity contribution is 0.0725. The summed E-state index contributed by atoms with van der Waals surface area (Å²) in [5.74, 6) is -0.121. The van der Waals surface area contributed by atoms with Crippen LogP contribution >= 0.6 is 11.3 Å². The molecule has 1 saturated heterocycles. The number of thiophene rings is 1. The van der Waals surface area contributed by atoms with Gasteiger partial charge in [0.25, 0.3) is 15.9 Å². The van der Waals surface area contributed by atoms with Crippen molar-refractivity contribution in [2.75, 3.05) is 17.8 Å². The van der Waals surface area contributed by atoms with Crippen LogP contribution in [0.3, 0.4) is 0 Å². The molecule has 1 amide bonds. The summed E-state index contributed by atoms with van der Waals surface area (Å²) in [6, 6.07) is 14.4. The lowest BCUT2D eigenvalue weighted by Gasteiger charge is -2.27. The average molecular weight is 401 g/mol. The third-order valence-electron chi connectivity index (χ3n) is 4.76. The summed E-state index contributed by atoms with van der Waals surface area (Å²) in [5, 5.41) is 3.52. The number of fused-ring (bicyclic) bond motifs is 1. The number of carbonyl (C=O) groups excluding carboxylic acids is 1. The Balaban J connectivity index is 1.78. The molecule has 1 aliphatic rings. The van der Waals surface area contributed by atoms with Crippen LogP contribution in [0, 0.1) is 0 Å². The van der Waals surface area contributed by atoms with Crippen molar-refractivity contribution in [3.05, 3.63) is 59.5 Å². The number of hydrogen-bond acceptors (Lipinski definition) is 4. The zero-order valence-corrected chi connectivity index (χ0v) is 16.4. The van der Waals surface area contributed by atoms with Gasteiger partial charge in [-0.3, -0.25) is 9.52 Å². The predicted molar refractivity (Wildman–Crippen MR) is 109 cm³/mol. The number of carbonyl (C=O) groups is 1. The van der Waals surface area contributed by atoms with E-state index in [2.05, 4.69) is 4.72 Å². The highest BCUT2D eigenvalue weighted by Crippen LogP contribution is 2.29. The van der Waals surface area contributed by atoms with Gasteiger partial charge in [-0.2, -0.15) is 0 Å². The van der Waals surface area contributed by atoms with Crippen LogP contribution in [0.4, 0.5) is 5.69 Å². The van der Waals surface area contributed by atoms with Gasteiger partial charge in [-0.05, 0) is 53.6 Å². The minimum Gasteiger partial charge on any atom is -0.339 e. The molecule has 140 valence electrons. The van der Waals surface area contributed by atoms with Gasteiger partial charge in [0.2, 0.25) is 0 Å². The minimum absolute atomic E-state index is 0.121. The van der Waals surface area contributed by atoms with Gasteiger partial charge in [-0.15, -0.1) is 11.3 Å². The quantitative estimate of drug-likeness (QED) is 0.709. The second-order valence-corrected chi connectivity index (χ2v) is 9.49. The molecule has 2 heterocycles. The zero-order chi connectivity index (χ0) is 18.9. The first-order valence-electron chi connectivity index (χ1n) is 8.93. The fourth-order valence-electron chi connectivity index (χ4n) is 3.38. The fraction of sp³-hybridized carbons (Fsp3) is 0.250. The molecule has 0 unspecified atom stereocenters. The Kier molecular flexibility index (Phi) is 4.88. The Labute approximate surface area is 162 Å². The van der Waals surface area contributed by atoms with E-state index in [1.165, 1.54) is 0 Å². The third kappa shape index (κ3) is 3.70. The van der Waals surface area contributed by atoms with Crippen molar-refractivity contribution >= 4 is 43.7 Å². The summed E-state index contributed by atoms with van der Waals surface area (Å²) in [5.41, 5.74) is 0.730. The molecule has 7 heteroatoms. The fourth-order valence-corrected chi connectivity index (χ4v) is 5.44. The van der Waals surface area contributed by atoms with Gasteiger partial charge in [-0.1, -0.05) is 30.3 Å². The molecule has 2 aromatic carbocycles. The Morgan fingerprint density at radius 3 is 2.33 bits per heavy atom. The molecule has 5 nitrogen and oxygen atoms in total. The van der Waals surface area contributed by atoms with E-state index in [0.717, 1.165) is 41.4 Å². The number of nitrogens with one attached hydrogen (secondary N) is 1. The van der Waals surface area contributed by atoms with E-state index in [4.69, 9.17) is 0 Å². The van der Waals surface area contributed by atoms with Crippen LogP contribution in [-0.2, 0) is 10.0 Å². The maximum atomic E-state index is 13.1. The highest BCUT2D eigenvalue weighted by atomic mass is 32.2. The smallest absolute Gasteiger partial charge is 0.271 e. The van der Waals surface area contributed by atoms with Crippen LogP contribution in [-0.4, -0.2) is 32.3 Å². The molecule has 0 saturated carbocycles. The Bertz CT molecular complexity index is 1070. The van der Waals surface area contributed by atoms with Gasteiger partial charge in [0.15, 0.2) is 0 Å². The molecule has 0 atom stereocenters. The maximum absolute atomic E-state index is 13.1. The van der Waals surface area contributed by atoms with Crippen LogP contribution < -0.4 is 4.72 Å². The van der Waals surface area contributed by atoms with Crippen molar-refractivity contribution in [1.29, 1.82) is 0 Å². The van der Waals surface area contributed by atoms with Gasteiger partial charge in [0.05, 0.1) is 11.3 Å². The number of sulfonamides is 1. The molecule has 0 aliphatic carbocycles. The van der Waals surface area contributed by atoms with Crippen molar-refractivity contribution in [3.8, 4) is 0 Å². The van der Waals surface area contributed by atoms with E-state index in [0.29, 0.717) is 24.3 Å². The number of nitrogens with zero attached hydrogens (tertiary/aromatic N) is 1. The van der Waals surface area contributed by atoms with Crippen molar-refractivity contribution in [2.24, 2.45) is 0 Å². The van der Waals surface area contributed by atoms with Crippen LogP contribution in [0.1, 0.15) is 29.6 Å². The van der Waals surface area contributed by atoms with Gasteiger partial charge in [0, 0.05) is 13.1 Å². The van der Waals surface area contributed by atoms with Crippen molar-refractivity contribution in [1.82, 2.24) is 4.90 Å². The number of amides is 1. The SMILES string of the molecule is O=C(c1cc2ccccc2cc1NS(=O)(=O)c1cccs1)N1CCCCC1. The first-order chi connectivity index (χ1) is 13.0. The highest BCUT2D eigenvalue weighted by molar-refractivity contribution is 7.94. The molecule has 0 spiro atoms. The van der Waals surface area contributed by atoms with E-state index >= 15 is 0 Å². The minimum atomic E-state index is -3.73. The molecule has 4 rings (SSSR count). The largest absolute Gasteiger partial charge is 0.339 e. The maximum Gasteiger partial charge on any atom is 0.271 e. The molecule has 0 radical (unpaired) electrons. The summed E-state index contributed by atoms with van der Waals surface area (Å²) >= 11 is 1.15. The molecule has 0 bridgehead atoms. The van der Waals surface area contributed by atoms with E-state index in [1.54, 1.807) is 29.6 Å². The standard InChI is InChI=1S/C20H20N2O3S2/c23-20(22-10-4-1-5-11-22)17-13-15-7-2-3-8-16(15)14-18(17)21-27(24,25)19-9-6-12-26-19/h2-3,6-9,12-14,21H,1,4-5,10-11H2. The Morgan fingerprint density at radius 1 is 0.963 bits per heavy atom. The summed E-state index contributed by atoms with van der Waals surface area (Å²) < 4.78 is 28.3. The summed E-state index contributed by atoms with van der Waals surface area (Å²) in [7, 11) is -3.73. The number of rotatable bonds is 4. The van der Waals surface area contributed by atoms with Crippen LogP contribution in [0.15, 0.2) is 58.1 Å². The monoisotopic (exact) mass is 400 g/mol. The summed E-state index contributed by atoms with van der Waals surface area (Å²) in [6.45, 7) is 1.42. The molecule has 3 aromatic rings. The van der Waals surface area contributed by atoms with E-state index in [9.17, 15) is 13.2 Å². The lowest BCUT2D eigenvalue weighted by atomic mass is 10.0. The molecule has 1 aliphatic heterocycles. The van der Waals surface area contributed by atoms with Gasteiger partial charge < -0.3 is 4.90 Å². The van der Waals surface area contributed by atoms with Crippen molar-refractivity contribution < 1.29 is 13.2 Å².